The Morgan fingerprint density at radius 2 is 2.33 bits per heavy atom. The zero-order valence-electron chi connectivity index (χ0n) is 7.38. The number of amides is 1. The molecular weight excluding hydrogens is 154 g/mol. The third-order valence-electron chi connectivity index (χ3n) is 2.34. The number of carbonyl (C=O) groups excluding carboxylic acids is 1. The van der Waals surface area contributed by atoms with E-state index in [1.54, 1.807) is 0 Å². The van der Waals surface area contributed by atoms with Crippen molar-refractivity contribution in [1.29, 1.82) is 0 Å². The minimum atomic E-state index is -0.120. The Morgan fingerprint density at radius 3 is 2.92 bits per heavy atom. The van der Waals surface area contributed by atoms with Gasteiger partial charge in [0.05, 0.1) is 6.10 Å². The average molecular weight is 169 g/mol. The average Bonchev–Trinajstić information content (AvgIpc) is 2.82. The summed E-state index contributed by atoms with van der Waals surface area (Å²) in [5.74, 6) is 0.107. The van der Waals surface area contributed by atoms with Crippen LogP contribution in [-0.2, 0) is 9.53 Å². The highest BCUT2D eigenvalue weighted by atomic mass is 16.6. The van der Waals surface area contributed by atoms with Crippen molar-refractivity contribution in [3.05, 3.63) is 0 Å². The summed E-state index contributed by atoms with van der Waals surface area (Å²) in [6.45, 7) is 2.11. The zero-order valence-corrected chi connectivity index (χ0v) is 7.38. The lowest BCUT2D eigenvalue weighted by atomic mass is 10.2. The minimum Gasteiger partial charge on any atom is -0.359 e. The van der Waals surface area contributed by atoms with Gasteiger partial charge in [0.2, 0.25) is 0 Å². The molecule has 0 spiro atoms. The topological polar surface area (TPSA) is 41.6 Å². The summed E-state index contributed by atoms with van der Waals surface area (Å²) < 4.78 is 5.24. The smallest absolute Gasteiger partial charge is 0.252 e. The first kappa shape index (κ1) is 8.05. The molecule has 12 heavy (non-hydrogen) atoms. The van der Waals surface area contributed by atoms with Gasteiger partial charge in [0.25, 0.3) is 5.91 Å². The number of nitrogens with one attached hydrogen (secondary N) is 1. The first-order chi connectivity index (χ1) is 5.81. The summed E-state index contributed by atoms with van der Waals surface area (Å²) in [6, 6.07) is 0.462. The second-order valence-corrected chi connectivity index (χ2v) is 3.67. The molecule has 1 aliphatic heterocycles. The van der Waals surface area contributed by atoms with Gasteiger partial charge in [-0.2, -0.15) is 0 Å². The lowest BCUT2D eigenvalue weighted by Gasteiger charge is -1.97. The monoisotopic (exact) mass is 169 g/mol. The van der Waals surface area contributed by atoms with Crippen LogP contribution in [0.1, 0.15) is 32.6 Å². The fourth-order valence-electron chi connectivity index (χ4n) is 1.39. The van der Waals surface area contributed by atoms with Gasteiger partial charge >= 0.3 is 0 Å². The summed E-state index contributed by atoms with van der Waals surface area (Å²) in [5.41, 5.74) is 0. The summed E-state index contributed by atoms with van der Waals surface area (Å²) in [5, 5.41) is 2.94. The van der Waals surface area contributed by atoms with Gasteiger partial charge in [-0.05, 0) is 19.3 Å². The van der Waals surface area contributed by atoms with Gasteiger partial charge in [-0.25, -0.2) is 0 Å². The minimum absolute atomic E-state index is 0.107. The van der Waals surface area contributed by atoms with Crippen molar-refractivity contribution < 1.29 is 9.53 Å². The van der Waals surface area contributed by atoms with E-state index in [1.807, 2.05) is 0 Å². The number of ether oxygens (including phenoxy) is 1. The largest absolute Gasteiger partial charge is 0.359 e. The normalized spacial score (nSPS) is 33.1. The lowest BCUT2D eigenvalue weighted by Crippen LogP contribution is -2.30. The molecule has 1 amide bonds. The summed E-state index contributed by atoms with van der Waals surface area (Å²) in [6.07, 6.45) is 4.51. The molecule has 2 fully saturated rings. The van der Waals surface area contributed by atoms with E-state index in [0.29, 0.717) is 6.04 Å². The second kappa shape index (κ2) is 3.05. The highest BCUT2D eigenvalue weighted by Gasteiger charge is 2.45. The van der Waals surface area contributed by atoms with Crippen LogP contribution in [0.4, 0.5) is 0 Å². The molecule has 0 aromatic rings. The maximum Gasteiger partial charge on any atom is 0.252 e. The van der Waals surface area contributed by atoms with Gasteiger partial charge in [0.15, 0.2) is 6.10 Å². The highest BCUT2D eigenvalue weighted by molar-refractivity contribution is 5.84. The standard InChI is InChI=1S/C9H15NO2/c1-2-3-7-8(12-7)9(11)10-6-4-5-6/h6-8H,2-5H2,1H3,(H,10,11). The number of hydrogen-bond donors (Lipinski definition) is 1. The van der Waals surface area contributed by atoms with Crippen LogP contribution in [0.5, 0.6) is 0 Å². The molecule has 0 aromatic heterocycles. The Hall–Kier alpha value is -0.570. The Labute approximate surface area is 72.5 Å². The fourth-order valence-corrected chi connectivity index (χ4v) is 1.39. The first-order valence-corrected chi connectivity index (χ1v) is 4.77. The number of epoxide rings is 1. The van der Waals surface area contributed by atoms with Gasteiger partial charge in [-0.1, -0.05) is 13.3 Å². The van der Waals surface area contributed by atoms with Crippen LogP contribution >= 0.6 is 0 Å². The van der Waals surface area contributed by atoms with Crippen LogP contribution in [0.2, 0.25) is 0 Å². The molecule has 1 N–H and O–H groups in total. The molecule has 2 aliphatic rings. The molecule has 2 rings (SSSR count). The van der Waals surface area contributed by atoms with Crippen molar-refractivity contribution in [3.63, 3.8) is 0 Å². The van der Waals surface area contributed by atoms with Crippen molar-refractivity contribution in [1.82, 2.24) is 5.32 Å². The van der Waals surface area contributed by atoms with Crippen LogP contribution in [0.15, 0.2) is 0 Å². The van der Waals surface area contributed by atoms with E-state index in [2.05, 4.69) is 12.2 Å². The van der Waals surface area contributed by atoms with Crippen molar-refractivity contribution in [2.75, 3.05) is 0 Å². The van der Waals surface area contributed by atoms with Crippen molar-refractivity contribution in [2.24, 2.45) is 0 Å². The molecule has 0 bridgehead atoms. The summed E-state index contributed by atoms with van der Waals surface area (Å²) in [4.78, 5) is 11.3. The third kappa shape index (κ3) is 1.78. The van der Waals surface area contributed by atoms with Crippen LogP contribution in [-0.4, -0.2) is 24.2 Å². The fraction of sp³-hybridized carbons (Fsp3) is 0.889. The van der Waals surface area contributed by atoms with Crippen molar-refractivity contribution in [3.8, 4) is 0 Å². The van der Waals surface area contributed by atoms with E-state index >= 15 is 0 Å². The molecule has 68 valence electrons. The zero-order chi connectivity index (χ0) is 8.55. The van der Waals surface area contributed by atoms with Crippen LogP contribution in [0.25, 0.3) is 0 Å². The second-order valence-electron chi connectivity index (χ2n) is 3.67. The van der Waals surface area contributed by atoms with Crippen LogP contribution < -0.4 is 5.32 Å². The summed E-state index contributed by atoms with van der Waals surface area (Å²) in [7, 11) is 0. The van der Waals surface area contributed by atoms with E-state index < -0.39 is 0 Å². The van der Waals surface area contributed by atoms with Crippen molar-refractivity contribution in [2.45, 2.75) is 50.9 Å². The molecule has 3 nitrogen and oxygen atoms in total. The predicted molar refractivity (Wildman–Crippen MR) is 44.7 cm³/mol. The number of rotatable bonds is 4. The molecule has 1 aliphatic carbocycles. The molecule has 2 unspecified atom stereocenters. The van der Waals surface area contributed by atoms with E-state index in [4.69, 9.17) is 4.74 Å². The highest BCUT2D eigenvalue weighted by Crippen LogP contribution is 2.28. The molecule has 2 atom stereocenters. The van der Waals surface area contributed by atoms with Gasteiger partial charge in [0, 0.05) is 6.04 Å². The third-order valence-corrected chi connectivity index (χ3v) is 2.34. The Bertz CT molecular complexity index is 189. The van der Waals surface area contributed by atoms with Crippen LogP contribution in [0.3, 0.4) is 0 Å². The van der Waals surface area contributed by atoms with Gasteiger partial charge in [-0.3, -0.25) is 4.79 Å². The van der Waals surface area contributed by atoms with E-state index in [9.17, 15) is 4.79 Å². The Morgan fingerprint density at radius 1 is 1.58 bits per heavy atom. The van der Waals surface area contributed by atoms with Crippen LogP contribution in [0, 0.1) is 0 Å². The predicted octanol–water partition coefficient (Wildman–Crippen LogP) is 0.832. The Kier molecular flexibility index (Phi) is 2.05. The molecule has 0 aromatic carbocycles. The SMILES string of the molecule is CCCC1OC1C(=O)NC1CC1. The van der Waals surface area contributed by atoms with E-state index in [0.717, 1.165) is 25.7 Å². The first-order valence-electron chi connectivity index (χ1n) is 4.77. The van der Waals surface area contributed by atoms with Gasteiger partial charge in [0.1, 0.15) is 0 Å². The van der Waals surface area contributed by atoms with E-state index in [1.165, 1.54) is 0 Å². The quantitative estimate of drug-likeness (QED) is 0.633. The molecule has 0 radical (unpaired) electrons. The molecular formula is C9H15NO2. The van der Waals surface area contributed by atoms with Gasteiger partial charge < -0.3 is 10.1 Å². The van der Waals surface area contributed by atoms with Crippen molar-refractivity contribution >= 4 is 5.91 Å². The molecule has 3 heteroatoms. The van der Waals surface area contributed by atoms with Gasteiger partial charge in [-0.15, -0.1) is 0 Å². The Balaban J connectivity index is 1.68. The maximum absolute atomic E-state index is 11.3. The molecule has 1 heterocycles. The number of hydrogen-bond acceptors (Lipinski definition) is 2. The van der Waals surface area contributed by atoms with E-state index in [-0.39, 0.29) is 18.1 Å². The summed E-state index contributed by atoms with van der Waals surface area (Å²) >= 11 is 0. The lowest BCUT2D eigenvalue weighted by molar-refractivity contribution is -0.122. The number of carbonyl (C=O) groups is 1. The molecule has 1 saturated heterocycles. The maximum atomic E-state index is 11.3. The molecule has 1 saturated carbocycles.